The normalized spacial score (nSPS) is 10.8. The van der Waals surface area contributed by atoms with Gasteiger partial charge >= 0.3 is 0 Å². The first-order chi connectivity index (χ1) is 9.20. The monoisotopic (exact) mass is 316 g/mol. The number of benzene rings is 2. The van der Waals surface area contributed by atoms with Gasteiger partial charge in [-0.25, -0.2) is 0 Å². The van der Waals surface area contributed by atoms with Gasteiger partial charge in [-0.05, 0) is 54.1 Å². The van der Waals surface area contributed by atoms with E-state index < -0.39 is 0 Å². The van der Waals surface area contributed by atoms with Crippen molar-refractivity contribution < 1.29 is 9.15 Å². The lowest BCUT2D eigenvalue weighted by atomic mass is 10.1. The van der Waals surface area contributed by atoms with Gasteiger partial charge in [0.25, 0.3) is 0 Å². The summed E-state index contributed by atoms with van der Waals surface area (Å²) < 4.78 is 12.3. The molecule has 2 nitrogen and oxygen atoms in total. The molecule has 3 rings (SSSR count). The van der Waals surface area contributed by atoms with Crippen LogP contribution in [0.15, 0.2) is 57.4 Å². The standard InChI is InChI=1S/C16H13BrO2/c1-11-2-6-16(19-11)10-18-15-7-4-12-8-14(17)5-3-13(12)9-15/h2-9H,10H2,1H3. The summed E-state index contributed by atoms with van der Waals surface area (Å²) in [4.78, 5) is 0. The average molecular weight is 317 g/mol. The van der Waals surface area contributed by atoms with E-state index in [-0.39, 0.29) is 0 Å². The molecule has 0 aliphatic carbocycles. The molecule has 3 heteroatoms. The third-order valence-electron chi connectivity index (χ3n) is 2.95. The SMILES string of the molecule is Cc1ccc(COc2ccc3cc(Br)ccc3c2)o1. The summed E-state index contributed by atoms with van der Waals surface area (Å²) in [5.74, 6) is 2.60. The molecule has 96 valence electrons. The van der Waals surface area contributed by atoms with E-state index in [0.29, 0.717) is 6.61 Å². The largest absolute Gasteiger partial charge is 0.486 e. The fourth-order valence-corrected chi connectivity index (χ4v) is 2.38. The van der Waals surface area contributed by atoms with Crippen LogP contribution in [-0.4, -0.2) is 0 Å². The number of halogens is 1. The molecule has 0 saturated heterocycles. The van der Waals surface area contributed by atoms with Crippen molar-refractivity contribution in [1.82, 2.24) is 0 Å². The molecule has 0 amide bonds. The van der Waals surface area contributed by atoms with Crippen LogP contribution in [-0.2, 0) is 6.61 Å². The summed E-state index contributed by atoms with van der Waals surface area (Å²) in [5.41, 5.74) is 0. The van der Waals surface area contributed by atoms with E-state index in [1.807, 2.05) is 37.3 Å². The lowest BCUT2D eigenvalue weighted by Gasteiger charge is -2.06. The number of hydrogen-bond donors (Lipinski definition) is 0. The van der Waals surface area contributed by atoms with Crippen molar-refractivity contribution in [1.29, 1.82) is 0 Å². The summed E-state index contributed by atoms with van der Waals surface area (Å²) in [6.45, 7) is 2.38. The van der Waals surface area contributed by atoms with Crippen LogP contribution < -0.4 is 4.74 Å². The van der Waals surface area contributed by atoms with E-state index >= 15 is 0 Å². The van der Waals surface area contributed by atoms with Gasteiger partial charge in [-0.3, -0.25) is 0 Å². The lowest BCUT2D eigenvalue weighted by Crippen LogP contribution is -1.93. The van der Waals surface area contributed by atoms with Gasteiger partial charge in [0.1, 0.15) is 23.9 Å². The highest BCUT2D eigenvalue weighted by Crippen LogP contribution is 2.24. The van der Waals surface area contributed by atoms with Crippen LogP contribution in [0.2, 0.25) is 0 Å². The molecule has 0 fully saturated rings. The first kappa shape index (κ1) is 12.3. The molecular weight excluding hydrogens is 304 g/mol. The molecule has 1 aromatic heterocycles. The summed E-state index contributed by atoms with van der Waals surface area (Å²) >= 11 is 3.47. The average Bonchev–Trinajstić information content (AvgIpc) is 2.82. The number of ether oxygens (including phenoxy) is 1. The molecule has 0 aliphatic rings. The van der Waals surface area contributed by atoms with Crippen molar-refractivity contribution in [2.45, 2.75) is 13.5 Å². The van der Waals surface area contributed by atoms with E-state index in [4.69, 9.17) is 9.15 Å². The first-order valence-corrected chi connectivity index (χ1v) is 6.87. The Morgan fingerprint density at radius 1 is 1.00 bits per heavy atom. The topological polar surface area (TPSA) is 22.4 Å². The van der Waals surface area contributed by atoms with Gasteiger partial charge < -0.3 is 9.15 Å². The maximum Gasteiger partial charge on any atom is 0.146 e. The molecule has 2 aromatic carbocycles. The highest BCUT2D eigenvalue weighted by Gasteiger charge is 2.02. The van der Waals surface area contributed by atoms with Crippen molar-refractivity contribution in [3.63, 3.8) is 0 Å². The highest BCUT2D eigenvalue weighted by molar-refractivity contribution is 9.10. The van der Waals surface area contributed by atoms with Crippen molar-refractivity contribution in [3.05, 3.63) is 64.5 Å². The Balaban J connectivity index is 1.79. The van der Waals surface area contributed by atoms with Crippen LogP contribution in [0, 0.1) is 6.92 Å². The van der Waals surface area contributed by atoms with E-state index in [0.717, 1.165) is 27.1 Å². The van der Waals surface area contributed by atoms with Crippen molar-refractivity contribution >= 4 is 26.7 Å². The molecule has 3 aromatic rings. The van der Waals surface area contributed by atoms with Gasteiger partial charge in [0.2, 0.25) is 0 Å². The molecule has 0 saturated carbocycles. The lowest BCUT2D eigenvalue weighted by molar-refractivity contribution is 0.268. The molecule has 0 bridgehead atoms. The third-order valence-corrected chi connectivity index (χ3v) is 3.44. The van der Waals surface area contributed by atoms with Gasteiger partial charge in [-0.15, -0.1) is 0 Å². The minimum Gasteiger partial charge on any atom is -0.486 e. The predicted molar refractivity (Wildman–Crippen MR) is 79.4 cm³/mol. The van der Waals surface area contributed by atoms with Gasteiger partial charge in [0.05, 0.1) is 0 Å². The van der Waals surface area contributed by atoms with Crippen molar-refractivity contribution in [3.8, 4) is 5.75 Å². The summed E-state index contributed by atoms with van der Waals surface area (Å²) in [7, 11) is 0. The Labute approximate surface area is 120 Å². The molecule has 0 spiro atoms. The summed E-state index contributed by atoms with van der Waals surface area (Å²) in [5, 5.41) is 2.35. The van der Waals surface area contributed by atoms with Gasteiger partial charge in [0, 0.05) is 4.47 Å². The van der Waals surface area contributed by atoms with Crippen LogP contribution in [0.25, 0.3) is 10.8 Å². The van der Waals surface area contributed by atoms with E-state index in [2.05, 4.69) is 34.1 Å². The Morgan fingerprint density at radius 2 is 1.79 bits per heavy atom. The van der Waals surface area contributed by atoms with E-state index in [1.165, 1.54) is 5.39 Å². The Kier molecular flexibility index (Phi) is 3.30. The number of fused-ring (bicyclic) bond motifs is 1. The molecule has 19 heavy (non-hydrogen) atoms. The molecule has 1 heterocycles. The van der Waals surface area contributed by atoms with E-state index in [9.17, 15) is 0 Å². The molecule has 0 N–H and O–H groups in total. The number of hydrogen-bond acceptors (Lipinski definition) is 2. The molecule has 0 atom stereocenters. The second-order valence-corrected chi connectivity index (χ2v) is 5.37. The molecular formula is C16H13BrO2. The van der Waals surface area contributed by atoms with Crippen LogP contribution in [0.1, 0.15) is 11.5 Å². The zero-order chi connectivity index (χ0) is 13.2. The van der Waals surface area contributed by atoms with Crippen molar-refractivity contribution in [2.75, 3.05) is 0 Å². The summed E-state index contributed by atoms with van der Waals surface area (Å²) in [6, 6.07) is 16.1. The van der Waals surface area contributed by atoms with Gasteiger partial charge in [0.15, 0.2) is 0 Å². The second-order valence-electron chi connectivity index (χ2n) is 4.45. The molecule has 0 radical (unpaired) electrons. The quantitative estimate of drug-likeness (QED) is 0.672. The first-order valence-electron chi connectivity index (χ1n) is 6.08. The van der Waals surface area contributed by atoms with Crippen LogP contribution >= 0.6 is 15.9 Å². The fourth-order valence-electron chi connectivity index (χ4n) is 2.00. The number of aryl methyl sites for hydroxylation is 1. The van der Waals surface area contributed by atoms with Crippen molar-refractivity contribution in [2.24, 2.45) is 0 Å². The minimum absolute atomic E-state index is 0.454. The zero-order valence-electron chi connectivity index (χ0n) is 10.5. The zero-order valence-corrected chi connectivity index (χ0v) is 12.1. The smallest absolute Gasteiger partial charge is 0.146 e. The van der Waals surface area contributed by atoms with Crippen LogP contribution in [0.5, 0.6) is 5.75 Å². The fraction of sp³-hybridized carbons (Fsp3) is 0.125. The summed E-state index contributed by atoms with van der Waals surface area (Å²) in [6.07, 6.45) is 0. The van der Waals surface area contributed by atoms with E-state index in [1.54, 1.807) is 0 Å². The maximum absolute atomic E-state index is 5.74. The highest BCUT2D eigenvalue weighted by atomic mass is 79.9. The molecule has 0 aliphatic heterocycles. The van der Waals surface area contributed by atoms with Crippen LogP contribution in [0.4, 0.5) is 0 Å². The number of furan rings is 1. The molecule has 0 unspecified atom stereocenters. The minimum atomic E-state index is 0.454. The second kappa shape index (κ2) is 5.10. The van der Waals surface area contributed by atoms with Gasteiger partial charge in [-0.1, -0.05) is 28.1 Å². The Bertz CT molecular complexity index is 716. The third kappa shape index (κ3) is 2.82. The Hall–Kier alpha value is -1.74. The predicted octanol–water partition coefficient (Wildman–Crippen LogP) is 5.08. The number of rotatable bonds is 3. The van der Waals surface area contributed by atoms with Gasteiger partial charge in [-0.2, -0.15) is 0 Å². The van der Waals surface area contributed by atoms with Crippen LogP contribution in [0.3, 0.4) is 0 Å². The Morgan fingerprint density at radius 3 is 2.58 bits per heavy atom. The maximum atomic E-state index is 5.74.